The minimum atomic E-state index is -1.32. The molecule has 7 heteroatoms. The number of carbonyl (C=O) groups is 1. The summed E-state index contributed by atoms with van der Waals surface area (Å²) < 4.78 is 13.7. The van der Waals surface area contributed by atoms with Crippen molar-refractivity contribution in [1.29, 1.82) is 0 Å². The summed E-state index contributed by atoms with van der Waals surface area (Å²) in [4.78, 5) is 15.3. The van der Waals surface area contributed by atoms with Gasteiger partial charge in [-0.25, -0.2) is 4.39 Å². The molecule has 0 spiro atoms. The number of fused-ring (bicyclic) bond motifs is 1. The number of Topliss-reactive ketones (excluding diaryl/α,β-unsaturated/α-hetero) is 1. The topological polar surface area (TPSA) is 112 Å². The third-order valence-electron chi connectivity index (χ3n) is 3.88. The molecule has 0 fully saturated rings. The van der Waals surface area contributed by atoms with Crippen molar-refractivity contribution in [2.75, 3.05) is 12.3 Å². The number of nitrogens with zero attached hydrogens (tertiary/aromatic N) is 3. The van der Waals surface area contributed by atoms with E-state index in [4.69, 9.17) is 16.4 Å². The number of ketones is 1. The van der Waals surface area contributed by atoms with Gasteiger partial charge in [0, 0.05) is 22.8 Å². The van der Waals surface area contributed by atoms with Crippen LogP contribution in [0.5, 0.6) is 0 Å². The second-order valence-corrected chi connectivity index (χ2v) is 4.95. The third kappa shape index (κ3) is 2.01. The van der Waals surface area contributed by atoms with Gasteiger partial charge in [0.25, 0.3) is 0 Å². The van der Waals surface area contributed by atoms with Crippen LogP contribution in [0.1, 0.15) is 34.3 Å². The quantitative estimate of drug-likeness (QED) is 0.382. The Morgan fingerprint density at radius 3 is 2.95 bits per heavy atom. The molecule has 0 bridgehead atoms. The van der Waals surface area contributed by atoms with Crippen LogP contribution in [0.3, 0.4) is 0 Å². The van der Waals surface area contributed by atoms with E-state index >= 15 is 0 Å². The highest BCUT2D eigenvalue weighted by Gasteiger charge is 2.43. The molecule has 1 aromatic carbocycles. The number of hydrogen-bond donors (Lipinski definition) is 2. The highest BCUT2D eigenvalue weighted by atomic mass is 19.1. The predicted octanol–water partition coefficient (Wildman–Crippen LogP) is 2.28. The molecule has 20 heavy (non-hydrogen) atoms. The number of halogens is 1. The first-order chi connectivity index (χ1) is 9.46. The molecule has 0 aliphatic heterocycles. The van der Waals surface area contributed by atoms with Crippen molar-refractivity contribution in [2.45, 2.75) is 31.7 Å². The molecule has 6 nitrogen and oxygen atoms in total. The monoisotopic (exact) mass is 278 g/mol. The first-order valence-electron chi connectivity index (χ1n) is 6.26. The maximum Gasteiger partial charge on any atom is 0.177 e. The van der Waals surface area contributed by atoms with Gasteiger partial charge in [0.05, 0.1) is 0 Å². The average Bonchev–Trinajstić information content (AvgIpc) is 2.40. The first kappa shape index (κ1) is 14.3. The van der Waals surface area contributed by atoms with Crippen molar-refractivity contribution in [3.63, 3.8) is 0 Å². The standard InChI is InChI=1S/C13H15FN4O2/c1-7-8-2-3-13(4-5-19,17-18-16)12(20)11(8)10(15)6-9(7)14/h6,19H,2-5,15H2,1H3. The Labute approximate surface area is 115 Å². The zero-order valence-electron chi connectivity index (χ0n) is 11.1. The van der Waals surface area contributed by atoms with Crippen molar-refractivity contribution in [2.24, 2.45) is 5.11 Å². The molecule has 106 valence electrons. The number of hydrogen-bond acceptors (Lipinski definition) is 4. The number of nitrogens with two attached hydrogens (primary N) is 1. The molecule has 1 atom stereocenters. The first-order valence-corrected chi connectivity index (χ1v) is 6.26. The van der Waals surface area contributed by atoms with Crippen molar-refractivity contribution in [3.8, 4) is 0 Å². The van der Waals surface area contributed by atoms with E-state index < -0.39 is 17.1 Å². The van der Waals surface area contributed by atoms with E-state index in [1.165, 1.54) is 0 Å². The Bertz CT molecular complexity index is 625. The lowest BCUT2D eigenvalue weighted by Gasteiger charge is -2.33. The molecule has 1 aliphatic rings. The average molecular weight is 278 g/mol. The zero-order chi connectivity index (χ0) is 14.9. The van der Waals surface area contributed by atoms with E-state index in [-0.39, 0.29) is 30.7 Å². The predicted molar refractivity (Wildman–Crippen MR) is 71.8 cm³/mol. The number of azide groups is 1. The van der Waals surface area contributed by atoms with Gasteiger partial charge < -0.3 is 10.8 Å². The van der Waals surface area contributed by atoms with Crippen LogP contribution >= 0.6 is 0 Å². The fourth-order valence-corrected chi connectivity index (χ4v) is 2.74. The van der Waals surface area contributed by atoms with Gasteiger partial charge in [-0.15, -0.1) is 0 Å². The van der Waals surface area contributed by atoms with Crippen LogP contribution < -0.4 is 5.73 Å². The minimum absolute atomic E-state index is 0.0329. The number of anilines is 1. The maximum absolute atomic E-state index is 13.7. The third-order valence-corrected chi connectivity index (χ3v) is 3.88. The molecule has 0 saturated carbocycles. The van der Waals surface area contributed by atoms with Gasteiger partial charge in [0.2, 0.25) is 0 Å². The number of aliphatic hydroxyl groups is 1. The molecular formula is C13H15FN4O2. The summed E-state index contributed by atoms with van der Waals surface area (Å²) in [6.07, 6.45) is 0.659. The highest BCUT2D eigenvalue weighted by Crippen LogP contribution is 2.39. The Morgan fingerprint density at radius 2 is 2.35 bits per heavy atom. The van der Waals surface area contributed by atoms with Crippen LogP contribution in [0.2, 0.25) is 0 Å². The summed E-state index contributed by atoms with van der Waals surface area (Å²) in [5, 5.41) is 12.7. The van der Waals surface area contributed by atoms with Gasteiger partial charge in [-0.1, -0.05) is 5.11 Å². The summed E-state index contributed by atoms with van der Waals surface area (Å²) in [6.45, 7) is 1.31. The molecule has 0 heterocycles. The fraction of sp³-hybridized carbons (Fsp3) is 0.462. The van der Waals surface area contributed by atoms with Crippen LogP contribution in [-0.2, 0) is 6.42 Å². The van der Waals surface area contributed by atoms with Crippen LogP contribution in [-0.4, -0.2) is 23.0 Å². The lowest BCUT2D eigenvalue weighted by molar-refractivity contribution is 0.0833. The van der Waals surface area contributed by atoms with E-state index in [1.54, 1.807) is 6.92 Å². The van der Waals surface area contributed by atoms with Gasteiger partial charge in [0.15, 0.2) is 5.78 Å². The van der Waals surface area contributed by atoms with Gasteiger partial charge in [-0.2, -0.15) is 0 Å². The lowest BCUT2D eigenvalue weighted by atomic mass is 9.74. The molecule has 1 aliphatic carbocycles. The molecule has 0 radical (unpaired) electrons. The zero-order valence-corrected chi connectivity index (χ0v) is 11.1. The summed E-state index contributed by atoms with van der Waals surface area (Å²) in [5.41, 5.74) is 14.3. The molecular weight excluding hydrogens is 263 g/mol. The molecule has 1 aromatic rings. The number of benzene rings is 1. The number of carbonyl (C=O) groups excluding carboxylic acids is 1. The van der Waals surface area contributed by atoms with Crippen LogP contribution in [0, 0.1) is 12.7 Å². The molecule has 0 amide bonds. The van der Waals surface area contributed by atoms with E-state index in [2.05, 4.69) is 10.0 Å². The van der Waals surface area contributed by atoms with Gasteiger partial charge in [-0.05, 0) is 48.9 Å². The number of nitrogen functional groups attached to an aromatic ring is 1. The molecule has 0 saturated heterocycles. The lowest BCUT2D eigenvalue weighted by Crippen LogP contribution is -2.42. The second kappa shape index (κ2) is 5.11. The van der Waals surface area contributed by atoms with Crippen LogP contribution in [0.4, 0.5) is 10.1 Å². The Hall–Kier alpha value is -2.11. The van der Waals surface area contributed by atoms with Crippen molar-refractivity contribution >= 4 is 11.5 Å². The van der Waals surface area contributed by atoms with Crippen molar-refractivity contribution in [3.05, 3.63) is 39.0 Å². The van der Waals surface area contributed by atoms with E-state index in [1.807, 2.05) is 0 Å². The van der Waals surface area contributed by atoms with E-state index in [0.717, 1.165) is 6.07 Å². The second-order valence-electron chi connectivity index (χ2n) is 4.95. The normalized spacial score (nSPS) is 21.2. The summed E-state index contributed by atoms with van der Waals surface area (Å²) in [6, 6.07) is 1.11. The number of rotatable bonds is 3. The van der Waals surface area contributed by atoms with Crippen LogP contribution in [0.25, 0.3) is 10.4 Å². The van der Waals surface area contributed by atoms with E-state index in [9.17, 15) is 9.18 Å². The maximum atomic E-state index is 13.7. The minimum Gasteiger partial charge on any atom is -0.398 e. The Kier molecular flexibility index (Phi) is 3.65. The van der Waals surface area contributed by atoms with Crippen molar-refractivity contribution in [1.82, 2.24) is 0 Å². The van der Waals surface area contributed by atoms with Crippen LogP contribution in [0.15, 0.2) is 11.2 Å². The van der Waals surface area contributed by atoms with Crippen molar-refractivity contribution < 1.29 is 14.3 Å². The molecule has 0 aromatic heterocycles. The SMILES string of the molecule is Cc1c(F)cc(N)c2c1CCC(CCO)(N=[N+]=[N-])C2=O. The molecule has 2 rings (SSSR count). The van der Waals surface area contributed by atoms with E-state index in [0.29, 0.717) is 17.5 Å². The molecule has 3 N–H and O–H groups in total. The largest absolute Gasteiger partial charge is 0.398 e. The summed E-state index contributed by atoms with van der Waals surface area (Å²) in [7, 11) is 0. The molecule has 1 unspecified atom stereocenters. The summed E-state index contributed by atoms with van der Waals surface area (Å²) in [5.74, 6) is -0.890. The Balaban J connectivity index is 2.64. The van der Waals surface area contributed by atoms with Gasteiger partial charge >= 0.3 is 0 Å². The van der Waals surface area contributed by atoms with Gasteiger partial charge in [0.1, 0.15) is 11.4 Å². The fourth-order valence-electron chi connectivity index (χ4n) is 2.74. The van der Waals surface area contributed by atoms with Gasteiger partial charge in [-0.3, -0.25) is 4.79 Å². The summed E-state index contributed by atoms with van der Waals surface area (Å²) >= 11 is 0. The highest BCUT2D eigenvalue weighted by molar-refractivity contribution is 6.09. The Morgan fingerprint density at radius 1 is 1.65 bits per heavy atom. The smallest absolute Gasteiger partial charge is 0.177 e. The number of aliphatic hydroxyl groups excluding tert-OH is 1.